The van der Waals surface area contributed by atoms with Crippen LogP contribution in [0.3, 0.4) is 0 Å². The summed E-state index contributed by atoms with van der Waals surface area (Å²) in [4.78, 5) is 4.05. The molecular weight excluding hydrogens is 366 g/mol. The van der Waals surface area contributed by atoms with Crippen LogP contribution in [0.5, 0.6) is 17.4 Å². The van der Waals surface area contributed by atoms with E-state index in [1.807, 2.05) is 41.1 Å². The highest BCUT2D eigenvalue weighted by Crippen LogP contribution is 2.43. The minimum absolute atomic E-state index is 0.135. The van der Waals surface area contributed by atoms with Gasteiger partial charge in [0.05, 0.1) is 6.33 Å². The first-order chi connectivity index (χ1) is 14.1. The second-order valence-electron chi connectivity index (χ2n) is 7.01. The maximum Gasteiger partial charge on any atom is 0.235 e. The number of aryl methyl sites for hydroxylation is 1. The van der Waals surface area contributed by atoms with Gasteiger partial charge in [0.25, 0.3) is 0 Å². The highest BCUT2D eigenvalue weighted by molar-refractivity contribution is 5.77. The van der Waals surface area contributed by atoms with E-state index in [-0.39, 0.29) is 17.4 Å². The zero-order valence-electron chi connectivity index (χ0n) is 15.9. The molecule has 2 aromatic heterocycles. The predicted octanol–water partition coefficient (Wildman–Crippen LogP) is 4.15. The van der Waals surface area contributed by atoms with Gasteiger partial charge in [-0.05, 0) is 29.7 Å². The first kappa shape index (κ1) is 18.7. The zero-order valence-corrected chi connectivity index (χ0v) is 15.9. The van der Waals surface area contributed by atoms with Crippen LogP contribution in [0.1, 0.15) is 17.7 Å². The molecule has 0 saturated heterocycles. The average Bonchev–Trinajstić information content (AvgIpc) is 3.33. The Hall–Kier alpha value is -3.67. The molecular formula is C23H23N3O3. The van der Waals surface area contributed by atoms with Crippen LogP contribution in [-0.4, -0.2) is 29.4 Å². The van der Waals surface area contributed by atoms with Gasteiger partial charge in [0.2, 0.25) is 5.88 Å². The van der Waals surface area contributed by atoms with Gasteiger partial charge in [-0.3, -0.25) is 0 Å². The standard InChI is InChI=1S/C23H23N3O3/c27-19-9-7-18(8-10-19)21-20(15-17-5-2-1-3-6-17)26(23(29)22(21)28)13-4-12-25-14-11-24-16-25/h1-3,5-11,14,16,27-29H,4,12-13,15H2. The molecule has 0 saturated carbocycles. The molecule has 3 N–H and O–H groups in total. The first-order valence-electron chi connectivity index (χ1n) is 9.56. The zero-order chi connectivity index (χ0) is 20.2. The first-order valence-corrected chi connectivity index (χ1v) is 9.56. The Morgan fingerprint density at radius 2 is 1.62 bits per heavy atom. The third kappa shape index (κ3) is 3.96. The molecule has 2 aromatic carbocycles. The molecule has 0 fully saturated rings. The summed E-state index contributed by atoms with van der Waals surface area (Å²) in [5.74, 6) is -0.115. The SMILES string of the molecule is Oc1ccc(-c2c(O)c(O)n(CCCn3ccnc3)c2Cc2ccccc2)cc1. The third-order valence-corrected chi connectivity index (χ3v) is 5.05. The molecule has 0 bridgehead atoms. The Morgan fingerprint density at radius 1 is 0.862 bits per heavy atom. The van der Waals surface area contributed by atoms with Crippen LogP contribution in [-0.2, 0) is 19.5 Å². The second-order valence-corrected chi connectivity index (χ2v) is 7.01. The molecule has 0 unspecified atom stereocenters. The normalized spacial score (nSPS) is 11.0. The molecule has 4 rings (SSSR count). The van der Waals surface area contributed by atoms with E-state index in [1.165, 1.54) is 0 Å². The van der Waals surface area contributed by atoms with Crippen LogP contribution in [0.2, 0.25) is 0 Å². The fraction of sp³-hybridized carbons (Fsp3) is 0.174. The van der Waals surface area contributed by atoms with Gasteiger partial charge in [-0.25, -0.2) is 4.98 Å². The highest BCUT2D eigenvalue weighted by Gasteiger charge is 2.23. The van der Waals surface area contributed by atoms with E-state index in [0.717, 1.165) is 29.8 Å². The van der Waals surface area contributed by atoms with Crippen molar-refractivity contribution in [1.29, 1.82) is 0 Å². The summed E-state index contributed by atoms with van der Waals surface area (Å²) in [6.45, 7) is 1.32. The predicted molar refractivity (Wildman–Crippen MR) is 111 cm³/mol. The average molecular weight is 389 g/mol. The number of phenolic OH excluding ortho intramolecular Hbond substituents is 1. The smallest absolute Gasteiger partial charge is 0.235 e. The molecule has 148 valence electrons. The van der Waals surface area contributed by atoms with Gasteiger partial charge in [0.15, 0.2) is 5.75 Å². The van der Waals surface area contributed by atoms with E-state index in [0.29, 0.717) is 18.5 Å². The lowest BCUT2D eigenvalue weighted by Gasteiger charge is -2.13. The maximum absolute atomic E-state index is 10.7. The van der Waals surface area contributed by atoms with Gasteiger partial charge in [0.1, 0.15) is 5.75 Å². The van der Waals surface area contributed by atoms with Crippen LogP contribution in [0.25, 0.3) is 11.1 Å². The number of imidazole rings is 1. The summed E-state index contributed by atoms with van der Waals surface area (Å²) in [7, 11) is 0. The number of hydrogen-bond donors (Lipinski definition) is 3. The van der Waals surface area contributed by atoms with Crippen LogP contribution in [0.15, 0.2) is 73.3 Å². The van der Waals surface area contributed by atoms with E-state index in [4.69, 9.17) is 0 Å². The summed E-state index contributed by atoms with van der Waals surface area (Å²) in [6.07, 6.45) is 6.74. The molecule has 0 aliphatic heterocycles. The van der Waals surface area contributed by atoms with Gasteiger partial charge in [-0.15, -0.1) is 0 Å². The van der Waals surface area contributed by atoms with Crippen molar-refractivity contribution in [1.82, 2.24) is 14.1 Å². The van der Waals surface area contributed by atoms with Crippen molar-refractivity contribution in [3.8, 4) is 28.5 Å². The van der Waals surface area contributed by atoms with Crippen LogP contribution in [0, 0.1) is 0 Å². The minimum Gasteiger partial charge on any atom is -0.508 e. The summed E-state index contributed by atoms with van der Waals surface area (Å²) >= 11 is 0. The van der Waals surface area contributed by atoms with Crippen molar-refractivity contribution in [2.45, 2.75) is 25.9 Å². The van der Waals surface area contributed by atoms with Crippen molar-refractivity contribution >= 4 is 0 Å². The molecule has 0 radical (unpaired) electrons. The quantitative estimate of drug-likeness (QED) is 0.443. The number of rotatable bonds is 7. The Kier molecular flexibility index (Phi) is 5.24. The molecule has 0 aliphatic rings. The van der Waals surface area contributed by atoms with Gasteiger partial charge >= 0.3 is 0 Å². The lowest BCUT2D eigenvalue weighted by molar-refractivity contribution is 0.366. The Bertz CT molecular complexity index is 1070. The monoisotopic (exact) mass is 389 g/mol. The Morgan fingerprint density at radius 3 is 2.31 bits per heavy atom. The third-order valence-electron chi connectivity index (χ3n) is 5.05. The van der Waals surface area contributed by atoms with Crippen LogP contribution in [0.4, 0.5) is 0 Å². The molecule has 0 aliphatic carbocycles. The molecule has 6 heteroatoms. The van der Waals surface area contributed by atoms with Gasteiger partial charge < -0.3 is 24.5 Å². The molecule has 0 spiro atoms. The summed E-state index contributed by atoms with van der Waals surface area (Å²) < 4.78 is 3.76. The van der Waals surface area contributed by atoms with E-state index in [2.05, 4.69) is 4.98 Å². The van der Waals surface area contributed by atoms with Crippen LogP contribution < -0.4 is 0 Å². The maximum atomic E-state index is 10.7. The molecule has 2 heterocycles. The van der Waals surface area contributed by atoms with Crippen molar-refractivity contribution in [3.63, 3.8) is 0 Å². The summed E-state index contributed by atoms with van der Waals surface area (Å²) in [5.41, 5.74) is 3.26. The van der Waals surface area contributed by atoms with Gasteiger partial charge in [-0.1, -0.05) is 42.5 Å². The minimum atomic E-state index is -0.135. The molecule has 6 nitrogen and oxygen atoms in total. The fourth-order valence-electron chi connectivity index (χ4n) is 3.61. The van der Waals surface area contributed by atoms with Gasteiger partial charge in [-0.2, -0.15) is 0 Å². The van der Waals surface area contributed by atoms with E-state index in [1.54, 1.807) is 41.4 Å². The number of phenols is 1. The summed E-state index contributed by atoms with van der Waals surface area (Å²) in [5, 5.41) is 31.0. The van der Waals surface area contributed by atoms with Crippen molar-refractivity contribution < 1.29 is 15.3 Å². The number of nitrogens with zero attached hydrogens (tertiary/aromatic N) is 3. The number of aromatic nitrogens is 3. The number of hydrogen-bond acceptors (Lipinski definition) is 4. The molecule has 0 amide bonds. The van der Waals surface area contributed by atoms with E-state index >= 15 is 0 Å². The number of aromatic hydroxyl groups is 3. The highest BCUT2D eigenvalue weighted by atomic mass is 16.3. The van der Waals surface area contributed by atoms with Crippen molar-refractivity contribution in [3.05, 3.63) is 84.6 Å². The van der Waals surface area contributed by atoms with Crippen LogP contribution >= 0.6 is 0 Å². The topological polar surface area (TPSA) is 83.4 Å². The van der Waals surface area contributed by atoms with Gasteiger partial charge in [0, 0.05) is 43.2 Å². The Labute approximate surface area is 169 Å². The van der Waals surface area contributed by atoms with Crippen molar-refractivity contribution in [2.24, 2.45) is 0 Å². The van der Waals surface area contributed by atoms with Crippen molar-refractivity contribution in [2.75, 3.05) is 0 Å². The number of benzene rings is 2. The molecule has 29 heavy (non-hydrogen) atoms. The second kappa shape index (κ2) is 8.14. The molecule has 0 atom stereocenters. The largest absolute Gasteiger partial charge is 0.508 e. The Balaban J connectivity index is 1.72. The van der Waals surface area contributed by atoms with E-state index in [9.17, 15) is 15.3 Å². The lowest BCUT2D eigenvalue weighted by atomic mass is 10.0. The fourth-order valence-corrected chi connectivity index (χ4v) is 3.61. The molecule has 4 aromatic rings. The summed E-state index contributed by atoms with van der Waals surface area (Å²) in [6, 6.07) is 16.6. The van der Waals surface area contributed by atoms with E-state index < -0.39 is 0 Å². The lowest BCUT2D eigenvalue weighted by Crippen LogP contribution is -2.07.